The first-order valence-electron chi connectivity index (χ1n) is 5.80. The van der Waals surface area contributed by atoms with E-state index in [9.17, 15) is 14.7 Å². The maximum absolute atomic E-state index is 12.0. The van der Waals surface area contributed by atoms with Crippen LogP contribution in [0.15, 0.2) is 12.2 Å². The zero-order chi connectivity index (χ0) is 13.3. The molecule has 1 aromatic heterocycles. The lowest BCUT2D eigenvalue weighted by Gasteiger charge is -2.09. The van der Waals surface area contributed by atoms with Gasteiger partial charge in [-0.15, -0.1) is 11.3 Å². The van der Waals surface area contributed by atoms with E-state index in [0.29, 0.717) is 5.00 Å². The van der Waals surface area contributed by atoms with Crippen molar-refractivity contribution in [2.45, 2.75) is 26.7 Å². The van der Waals surface area contributed by atoms with Gasteiger partial charge >= 0.3 is 5.97 Å². The number of carbonyl (C=O) groups excluding carboxylic acids is 1. The predicted molar refractivity (Wildman–Crippen MR) is 71.2 cm³/mol. The van der Waals surface area contributed by atoms with Crippen LogP contribution in [0.1, 0.15) is 33.6 Å². The van der Waals surface area contributed by atoms with Gasteiger partial charge in [0.2, 0.25) is 5.91 Å². The molecule has 4 nitrogen and oxygen atoms in total. The van der Waals surface area contributed by atoms with Crippen LogP contribution in [-0.2, 0) is 4.79 Å². The summed E-state index contributed by atoms with van der Waals surface area (Å²) in [4.78, 5) is 24.1. The average molecular weight is 265 g/mol. The van der Waals surface area contributed by atoms with Crippen LogP contribution in [0.2, 0.25) is 0 Å². The Morgan fingerprint density at radius 2 is 1.94 bits per heavy atom. The van der Waals surface area contributed by atoms with Crippen molar-refractivity contribution in [1.82, 2.24) is 0 Å². The molecule has 2 N–H and O–H groups in total. The van der Waals surface area contributed by atoms with E-state index in [0.717, 1.165) is 23.3 Å². The van der Waals surface area contributed by atoms with Crippen LogP contribution in [0.25, 0.3) is 0 Å². The summed E-state index contributed by atoms with van der Waals surface area (Å²) in [6.07, 6.45) is 5.43. The quantitative estimate of drug-likeness (QED) is 0.826. The summed E-state index contributed by atoms with van der Waals surface area (Å²) in [5.41, 5.74) is 0.948. The molecule has 0 unspecified atom stereocenters. The Labute approximate surface area is 109 Å². The largest absolute Gasteiger partial charge is 0.478 e. The molecule has 0 saturated heterocycles. The van der Waals surface area contributed by atoms with Gasteiger partial charge in [0, 0.05) is 10.8 Å². The van der Waals surface area contributed by atoms with Crippen molar-refractivity contribution in [1.29, 1.82) is 0 Å². The number of hydrogen-bond acceptors (Lipinski definition) is 3. The van der Waals surface area contributed by atoms with Crippen molar-refractivity contribution in [2.24, 2.45) is 5.92 Å². The van der Waals surface area contributed by atoms with Gasteiger partial charge < -0.3 is 10.4 Å². The SMILES string of the molecule is Cc1sc(NC(=O)C2CC=CC2)c(C(=O)O)c1C. The Balaban J connectivity index is 2.21. The Morgan fingerprint density at radius 3 is 2.50 bits per heavy atom. The molecule has 2 rings (SSSR count). The van der Waals surface area contributed by atoms with Crippen LogP contribution in [0.5, 0.6) is 0 Å². The standard InChI is InChI=1S/C13H15NO3S/c1-7-8(2)18-12(10(7)13(16)17)14-11(15)9-5-3-4-6-9/h3-4,9H,5-6H2,1-2H3,(H,14,15)(H,16,17). The molecular weight excluding hydrogens is 250 g/mol. The van der Waals surface area contributed by atoms with Crippen LogP contribution in [0.3, 0.4) is 0 Å². The second-order valence-corrected chi connectivity index (χ2v) is 5.65. The lowest BCUT2D eigenvalue weighted by molar-refractivity contribution is -0.119. The topological polar surface area (TPSA) is 66.4 Å². The fourth-order valence-corrected chi connectivity index (χ4v) is 3.07. The molecule has 1 amide bonds. The molecular formula is C13H15NO3S. The highest BCUT2D eigenvalue weighted by Crippen LogP contribution is 2.33. The van der Waals surface area contributed by atoms with E-state index in [4.69, 9.17) is 0 Å². The van der Waals surface area contributed by atoms with Crippen LogP contribution in [-0.4, -0.2) is 17.0 Å². The Bertz CT molecular complexity index is 523. The van der Waals surface area contributed by atoms with E-state index in [1.54, 1.807) is 6.92 Å². The van der Waals surface area contributed by atoms with Crippen LogP contribution >= 0.6 is 11.3 Å². The van der Waals surface area contributed by atoms with Crippen LogP contribution < -0.4 is 5.32 Å². The number of thiophene rings is 1. The highest BCUT2D eigenvalue weighted by Gasteiger charge is 2.24. The van der Waals surface area contributed by atoms with Crippen LogP contribution in [0.4, 0.5) is 5.00 Å². The second kappa shape index (κ2) is 4.94. The lowest BCUT2D eigenvalue weighted by atomic mass is 10.1. The number of nitrogens with one attached hydrogen (secondary N) is 1. The number of rotatable bonds is 3. The molecule has 1 heterocycles. The maximum atomic E-state index is 12.0. The molecule has 5 heteroatoms. The van der Waals surface area contributed by atoms with Crippen LogP contribution in [0, 0.1) is 19.8 Å². The highest BCUT2D eigenvalue weighted by molar-refractivity contribution is 7.16. The number of aromatic carboxylic acids is 1. The van der Waals surface area contributed by atoms with Gasteiger partial charge in [-0.2, -0.15) is 0 Å². The first-order valence-corrected chi connectivity index (χ1v) is 6.61. The third kappa shape index (κ3) is 2.31. The summed E-state index contributed by atoms with van der Waals surface area (Å²) >= 11 is 1.32. The summed E-state index contributed by atoms with van der Waals surface area (Å²) in [6, 6.07) is 0. The van der Waals surface area contributed by atoms with Gasteiger partial charge in [-0.25, -0.2) is 4.79 Å². The number of allylic oxidation sites excluding steroid dienone is 2. The van der Waals surface area contributed by atoms with E-state index in [1.807, 2.05) is 19.1 Å². The normalized spacial score (nSPS) is 15.0. The molecule has 1 aliphatic carbocycles. The molecule has 0 fully saturated rings. The molecule has 1 aliphatic rings. The Morgan fingerprint density at radius 1 is 1.33 bits per heavy atom. The fraction of sp³-hybridized carbons (Fsp3) is 0.385. The number of amides is 1. The first kappa shape index (κ1) is 12.8. The zero-order valence-electron chi connectivity index (χ0n) is 10.3. The number of carbonyl (C=O) groups is 2. The van der Waals surface area contributed by atoms with Gasteiger partial charge in [0.1, 0.15) is 5.00 Å². The Hall–Kier alpha value is -1.62. The third-order valence-electron chi connectivity index (χ3n) is 3.21. The first-order chi connectivity index (χ1) is 8.50. The van der Waals surface area contributed by atoms with E-state index in [-0.39, 0.29) is 17.4 Å². The van der Waals surface area contributed by atoms with E-state index >= 15 is 0 Å². The number of carboxylic acids is 1. The second-order valence-electron chi connectivity index (χ2n) is 4.42. The van der Waals surface area contributed by atoms with Crippen molar-refractivity contribution >= 4 is 28.2 Å². The molecule has 0 aromatic carbocycles. The molecule has 0 radical (unpaired) electrons. The fourth-order valence-electron chi connectivity index (χ4n) is 2.02. The number of aryl methyl sites for hydroxylation is 1. The molecule has 0 spiro atoms. The summed E-state index contributed by atoms with van der Waals surface area (Å²) in [6.45, 7) is 3.63. The van der Waals surface area contributed by atoms with Gasteiger partial charge in [-0.05, 0) is 32.3 Å². The van der Waals surface area contributed by atoms with Gasteiger partial charge in [-0.1, -0.05) is 12.2 Å². The average Bonchev–Trinajstić information content (AvgIpc) is 2.88. The van der Waals surface area contributed by atoms with E-state index in [2.05, 4.69) is 5.32 Å². The zero-order valence-corrected chi connectivity index (χ0v) is 11.1. The minimum atomic E-state index is -0.989. The number of anilines is 1. The molecule has 96 valence electrons. The summed E-state index contributed by atoms with van der Waals surface area (Å²) in [5, 5.41) is 12.4. The van der Waals surface area contributed by atoms with Gasteiger partial charge in [0.25, 0.3) is 0 Å². The highest BCUT2D eigenvalue weighted by atomic mass is 32.1. The molecule has 0 saturated carbocycles. The molecule has 0 aliphatic heterocycles. The molecule has 0 atom stereocenters. The molecule has 1 aromatic rings. The van der Waals surface area contributed by atoms with Crippen molar-refractivity contribution in [2.75, 3.05) is 5.32 Å². The van der Waals surface area contributed by atoms with Gasteiger partial charge in [0.05, 0.1) is 5.56 Å². The van der Waals surface area contributed by atoms with Crippen molar-refractivity contribution in [3.05, 3.63) is 28.2 Å². The lowest BCUT2D eigenvalue weighted by Crippen LogP contribution is -2.21. The predicted octanol–water partition coefficient (Wildman–Crippen LogP) is 2.97. The van der Waals surface area contributed by atoms with Crippen molar-refractivity contribution in [3.8, 4) is 0 Å². The van der Waals surface area contributed by atoms with E-state index in [1.165, 1.54) is 11.3 Å². The maximum Gasteiger partial charge on any atom is 0.338 e. The Kier molecular flexibility index (Phi) is 3.52. The smallest absolute Gasteiger partial charge is 0.338 e. The number of hydrogen-bond donors (Lipinski definition) is 2. The number of carboxylic acid groups (broad SMARTS) is 1. The minimum absolute atomic E-state index is 0.0608. The van der Waals surface area contributed by atoms with Gasteiger partial charge in [0.15, 0.2) is 0 Å². The van der Waals surface area contributed by atoms with Gasteiger partial charge in [-0.3, -0.25) is 4.79 Å². The van der Waals surface area contributed by atoms with E-state index < -0.39 is 5.97 Å². The molecule has 18 heavy (non-hydrogen) atoms. The van der Waals surface area contributed by atoms with Crippen molar-refractivity contribution in [3.63, 3.8) is 0 Å². The monoisotopic (exact) mass is 265 g/mol. The third-order valence-corrected chi connectivity index (χ3v) is 4.34. The summed E-state index contributed by atoms with van der Waals surface area (Å²) in [5.74, 6) is -1.14. The summed E-state index contributed by atoms with van der Waals surface area (Å²) < 4.78 is 0. The summed E-state index contributed by atoms with van der Waals surface area (Å²) in [7, 11) is 0. The molecule has 0 bridgehead atoms. The minimum Gasteiger partial charge on any atom is -0.478 e. The van der Waals surface area contributed by atoms with Crippen molar-refractivity contribution < 1.29 is 14.7 Å².